The Balaban J connectivity index is 1.29. The first kappa shape index (κ1) is 33.6. The number of non-ortho nitro benzene ring substituents is 1. The van der Waals surface area contributed by atoms with Gasteiger partial charge in [-0.2, -0.15) is 9.41 Å². The van der Waals surface area contributed by atoms with Crippen LogP contribution < -0.4 is 19.8 Å². The number of piperazine rings is 1. The van der Waals surface area contributed by atoms with Crippen molar-refractivity contribution in [3.05, 3.63) is 86.0 Å². The third kappa shape index (κ3) is 7.78. The fourth-order valence-corrected chi connectivity index (χ4v) is 7.36. The molecule has 3 aromatic carbocycles. The molecular formula is C31H37N7O8S. The highest BCUT2D eigenvalue weighted by molar-refractivity contribution is 7.89. The largest absolute Gasteiger partial charge is 0.454 e. The number of sulfonamides is 1. The van der Waals surface area contributed by atoms with Crippen LogP contribution in [0.3, 0.4) is 0 Å². The fourth-order valence-electron chi connectivity index (χ4n) is 5.58. The highest BCUT2D eigenvalue weighted by Crippen LogP contribution is 2.34. The number of nitro benzene ring substituents is 2. The Morgan fingerprint density at radius 2 is 1.64 bits per heavy atom. The molecule has 0 aliphatic carbocycles. The standard InChI is InChI=1S/C31H37N7O8S/c1-3-11-36(12-4-2)47(43,44)31-19-25(37(39)40)7-8-26(31)33-32-20-23-5-9-27(28(17-23)38(41)42)35-15-13-34(14-16-35)21-24-6-10-29-30(18-24)46-22-45-29/h5-10,17-20,33H,3-4,11-16,21-22H2,1-2H3/b32-20-. The normalized spacial score (nSPS) is 15.0. The van der Waals surface area contributed by atoms with Crippen LogP contribution in [0, 0.1) is 20.2 Å². The number of hydrazone groups is 1. The van der Waals surface area contributed by atoms with Crippen molar-refractivity contribution in [2.45, 2.75) is 38.1 Å². The van der Waals surface area contributed by atoms with E-state index in [9.17, 15) is 28.6 Å². The van der Waals surface area contributed by atoms with Gasteiger partial charge >= 0.3 is 0 Å². The van der Waals surface area contributed by atoms with Crippen molar-refractivity contribution in [2.75, 3.05) is 56.4 Å². The van der Waals surface area contributed by atoms with Crippen molar-refractivity contribution in [1.82, 2.24) is 9.21 Å². The molecular weight excluding hydrogens is 630 g/mol. The van der Waals surface area contributed by atoms with Gasteiger partial charge < -0.3 is 14.4 Å². The molecule has 2 heterocycles. The summed E-state index contributed by atoms with van der Waals surface area (Å²) in [7, 11) is -4.08. The highest BCUT2D eigenvalue weighted by atomic mass is 32.2. The number of fused-ring (bicyclic) bond motifs is 1. The molecule has 47 heavy (non-hydrogen) atoms. The summed E-state index contributed by atoms with van der Waals surface area (Å²) < 4.78 is 39.2. The van der Waals surface area contributed by atoms with Crippen LogP contribution >= 0.6 is 0 Å². The van der Waals surface area contributed by atoms with Gasteiger partial charge in [-0.1, -0.05) is 26.0 Å². The number of ether oxygens (including phenoxy) is 2. The molecule has 16 heteroatoms. The zero-order valence-corrected chi connectivity index (χ0v) is 27.0. The lowest BCUT2D eigenvalue weighted by atomic mass is 10.1. The van der Waals surface area contributed by atoms with Gasteiger partial charge in [-0.15, -0.1) is 0 Å². The second kappa shape index (κ2) is 14.7. The number of rotatable bonds is 14. The second-order valence-corrected chi connectivity index (χ2v) is 13.1. The van der Waals surface area contributed by atoms with Gasteiger partial charge in [0.2, 0.25) is 16.8 Å². The summed E-state index contributed by atoms with van der Waals surface area (Å²) in [6.07, 6.45) is 2.48. The molecule has 0 aromatic heterocycles. The van der Waals surface area contributed by atoms with Crippen molar-refractivity contribution in [1.29, 1.82) is 0 Å². The van der Waals surface area contributed by atoms with Gasteiger partial charge in [-0.25, -0.2) is 8.42 Å². The van der Waals surface area contributed by atoms with Crippen LogP contribution in [0.4, 0.5) is 22.7 Å². The molecule has 1 fully saturated rings. The van der Waals surface area contributed by atoms with E-state index in [0.29, 0.717) is 50.3 Å². The van der Waals surface area contributed by atoms with Crippen molar-refractivity contribution in [3.63, 3.8) is 0 Å². The van der Waals surface area contributed by atoms with Gasteiger partial charge in [0.1, 0.15) is 10.6 Å². The Morgan fingerprint density at radius 3 is 2.32 bits per heavy atom. The van der Waals surface area contributed by atoms with Crippen LogP contribution in [0.15, 0.2) is 64.6 Å². The van der Waals surface area contributed by atoms with Crippen molar-refractivity contribution < 1.29 is 27.7 Å². The van der Waals surface area contributed by atoms with E-state index in [1.165, 1.54) is 28.7 Å². The Morgan fingerprint density at radius 1 is 0.915 bits per heavy atom. The lowest BCUT2D eigenvalue weighted by Gasteiger charge is -2.35. The Bertz CT molecular complexity index is 1750. The van der Waals surface area contributed by atoms with E-state index in [-0.39, 0.29) is 41.8 Å². The second-order valence-electron chi connectivity index (χ2n) is 11.2. The van der Waals surface area contributed by atoms with Crippen LogP contribution in [0.5, 0.6) is 11.5 Å². The van der Waals surface area contributed by atoms with Crippen LogP contribution in [0.2, 0.25) is 0 Å². The number of nitrogens with one attached hydrogen (secondary N) is 1. The van der Waals surface area contributed by atoms with Gasteiger partial charge in [-0.3, -0.25) is 30.6 Å². The van der Waals surface area contributed by atoms with Crippen LogP contribution in [0.1, 0.15) is 37.8 Å². The minimum absolute atomic E-state index is 0.0498. The maximum Gasteiger partial charge on any atom is 0.293 e. The summed E-state index contributed by atoms with van der Waals surface area (Å²) in [5.74, 6) is 1.47. The van der Waals surface area contributed by atoms with E-state index in [1.807, 2.05) is 36.9 Å². The number of hydrogen-bond donors (Lipinski definition) is 1. The molecule has 5 rings (SSSR count). The van der Waals surface area contributed by atoms with Crippen molar-refractivity contribution >= 4 is 39.0 Å². The molecule has 0 saturated carbocycles. The number of hydrogen-bond acceptors (Lipinski definition) is 12. The van der Waals surface area contributed by atoms with Crippen LogP contribution in [-0.2, 0) is 16.6 Å². The summed E-state index contributed by atoms with van der Waals surface area (Å²) >= 11 is 0. The molecule has 0 unspecified atom stereocenters. The van der Waals surface area contributed by atoms with Gasteiger partial charge in [0.05, 0.1) is 21.7 Å². The summed E-state index contributed by atoms with van der Waals surface area (Å²) in [6.45, 7) is 7.79. The molecule has 0 amide bonds. The Hall–Kier alpha value is -4.80. The molecule has 0 bridgehead atoms. The van der Waals surface area contributed by atoms with E-state index in [0.717, 1.165) is 29.7 Å². The average molecular weight is 668 g/mol. The van der Waals surface area contributed by atoms with E-state index < -0.39 is 19.9 Å². The van der Waals surface area contributed by atoms with Gasteiger partial charge in [0.15, 0.2) is 11.5 Å². The fraction of sp³-hybridized carbons (Fsp3) is 0.387. The number of nitro groups is 2. The Kier molecular flexibility index (Phi) is 10.5. The lowest BCUT2D eigenvalue weighted by molar-refractivity contribution is -0.385. The van der Waals surface area contributed by atoms with E-state index in [2.05, 4.69) is 15.4 Å². The third-order valence-electron chi connectivity index (χ3n) is 7.89. The quantitative estimate of drug-likeness (QED) is 0.142. The summed E-state index contributed by atoms with van der Waals surface area (Å²) in [6, 6.07) is 14.2. The molecule has 2 aliphatic heterocycles. The first-order valence-corrected chi connectivity index (χ1v) is 16.8. The minimum atomic E-state index is -4.08. The molecule has 3 aromatic rings. The number of benzene rings is 3. The molecule has 2 aliphatic rings. The minimum Gasteiger partial charge on any atom is -0.454 e. The maximum absolute atomic E-state index is 13.5. The molecule has 1 N–H and O–H groups in total. The third-order valence-corrected chi connectivity index (χ3v) is 9.83. The molecule has 250 valence electrons. The first-order valence-electron chi connectivity index (χ1n) is 15.3. The van der Waals surface area contributed by atoms with E-state index in [1.54, 1.807) is 12.1 Å². The number of anilines is 2. The SMILES string of the molecule is CCCN(CCC)S(=O)(=O)c1cc([N+](=O)[O-])ccc1N/N=C\c1ccc(N2CCN(Cc3ccc4c(c3)OCO4)CC2)c([N+](=O)[O-])c1. The Labute approximate surface area is 272 Å². The molecule has 0 radical (unpaired) electrons. The first-order chi connectivity index (χ1) is 22.6. The monoisotopic (exact) mass is 667 g/mol. The zero-order valence-electron chi connectivity index (χ0n) is 26.2. The summed E-state index contributed by atoms with van der Waals surface area (Å²) in [4.78, 5) is 26.4. The van der Waals surface area contributed by atoms with Crippen LogP contribution in [0.25, 0.3) is 0 Å². The average Bonchev–Trinajstić information content (AvgIpc) is 3.53. The molecule has 15 nitrogen and oxygen atoms in total. The summed E-state index contributed by atoms with van der Waals surface area (Å²) in [5, 5.41) is 27.7. The topological polar surface area (TPSA) is 173 Å². The predicted octanol–water partition coefficient (Wildman–Crippen LogP) is 4.81. The molecule has 1 saturated heterocycles. The number of nitrogens with zero attached hydrogens (tertiary/aromatic N) is 6. The predicted molar refractivity (Wildman–Crippen MR) is 177 cm³/mol. The lowest BCUT2D eigenvalue weighted by Crippen LogP contribution is -2.46. The molecule has 0 atom stereocenters. The summed E-state index contributed by atoms with van der Waals surface area (Å²) in [5.41, 5.74) is 4.30. The van der Waals surface area contributed by atoms with Gasteiger partial charge in [-0.05, 0) is 42.7 Å². The zero-order chi connectivity index (χ0) is 33.6. The van der Waals surface area contributed by atoms with E-state index >= 15 is 0 Å². The molecule has 0 spiro atoms. The van der Waals surface area contributed by atoms with Crippen molar-refractivity contribution in [3.8, 4) is 11.5 Å². The van der Waals surface area contributed by atoms with Gasteiger partial charge in [0, 0.05) is 69.6 Å². The van der Waals surface area contributed by atoms with Gasteiger partial charge in [0.25, 0.3) is 11.4 Å². The smallest absolute Gasteiger partial charge is 0.293 e. The van der Waals surface area contributed by atoms with Crippen LogP contribution in [-0.4, -0.2) is 79.7 Å². The highest BCUT2D eigenvalue weighted by Gasteiger charge is 2.29. The van der Waals surface area contributed by atoms with E-state index in [4.69, 9.17) is 9.47 Å². The van der Waals surface area contributed by atoms with Crippen molar-refractivity contribution in [2.24, 2.45) is 5.10 Å². The maximum atomic E-state index is 13.5.